The highest BCUT2D eigenvalue weighted by Crippen LogP contribution is 2.31. The molecule has 1 amide bonds. The third-order valence-electron chi connectivity index (χ3n) is 4.18. The van der Waals surface area contributed by atoms with Crippen LogP contribution >= 0.6 is 0 Å². The SMILES string of the molecule is Cc1nnc(NC(=O)CN2CC3CNCC3C2C)o1. The van der Waals surface area contributed by atoms with Crippen LogP contribution in [0.1, 0.15) is 12.8 Å². The Morgan fingerprint density at radius 1 is 1.53 bits per heavy atom. The van der Waals surface area contributed by atoms with E-state index in [4.69, 9.17) is 4.42 Å². The van der Waals surface area contributed by atoms with E-state index in [9.17, 15) is 4.79 Å². The van der Waals surface area contributed by atoms with Gasteiger partial charge in [0.15, 0.2) is 0 Å². The molecule has 3 heterocycles. The van der Waals surface area contributed by atoms with E-state index in [0.717, 1.165) is 19.6 Å². The van der Waals surface area contributed by atoms with Crippen molar-refractivity contribution in [1.29, 1.82) is 0 Å². The van der Waals surface area contributed by atoms with Crippen LogP contribution in [0.3, 0.4) is 0 Å². The maximum Gasteiger partial charge on any atom is 0.322 e. The molecular weight excluding hydrogens is 246 g/mol. The van der Waals surface area contributed by atoms with Crippen LogP contribution in [0.25, 0.3) is 0 Å². The fraction of sp³-hybridized carbons (Fsp3) is 0.750. The van der Waals surface area contributed by atoms with E-state index in [2.05, 4.69) is 32.7 Å². The van der Waals surface area contributed by atoms with Gasteiger partial charge in [0.05, 0.1) is 6.54 Å². The smallest absolute Gasteiger partial charge is 0.322 e. The molecule has 3 rings (SSSR count). The largest absolute Gasteiger partial charge is 0.408 e. The van der Waals surface area contributed by atoms with Crippen LogP contribution in [-0.2, 0) is 4.79 Å². The van der Waals surface area contributed by atoms with Gasteiger partial charge < -0.3 is 9.73 Å². The Hall–Kier alpha value is -1.47. The van der Waals surface area contributed by atoms with Crippen LogP contribution in [-0.4, -0.2) is 53.2 Å². The van der Waals surface area contributed by atoms with Gasteiger partial charge in [0, 0.05) is 19.5 Å². The average molecular weight is 265 g/mol. The highest BCUT2D eigenvalue weighted by Gasteiger charge is 2.42. The second-order valence-corrected chi connectivity index (χ2v) is 5.43. The normalized spacial score (nSPS) is 30.5. The number of amides is 1. The molecule has 0 aliphatic carbocycles. The summed E-state index contributed by atoms with van der Waals surface area (Å²) in [5.74, 6) is 1.70. The number of aromatic nitrogens is 2. The lowest BCUT2D eigenvalue weighted by atomic mass is 9.95. The fourth-order valence-corrected chi connectivity index (χ4v) is 3.15. The van der Waals surface area contributed by atoms with Crippen LogP contribution in [0, 0.1) is 18.8 Å². The lowest BCUT2D eigenvalue weighted by molar-refractivity contribution is -0.117. The number of aryl methyl sites for hydroxylation is 1. The number of hydrogen-bond donors (Lipinski definition) is 2. The Morgan fingerprint density at radius 3 is 3.05 bits per heavy atom. The average Bonchev–Trinajstić information content (AvgIpc) is 3.01. The highest BCUT2D eigenvalue weighted by atomic mass is 16.4. The predicted octanol–water partition coefficient (Wildman–Crippen LogP) is -0.144. The Kier molecular flexibility index (Phi) is 3.24. The van der Waals surface area contributed by atoms with Crippen molar-refractivity contribution in [3.8, 4) is 0 Å². The fourth-order valence-electron chi connectivity index (χ4n) is 3.15. The molecule has 0 bridgehead atoms. The number of anilines is 1. The van der Waals surface area contributed by atoms with E-state index in [1.54, 1.807) is 6.92 Å². The minimum atomic E-state index is -0.0940. The number of fused-ring (bicyclic) bond motifs is 1. The van der Waals surface area contributed by atoms with Crippen LogP contribution in [0.2, 0.25) is 0 Å². The van der Waals surface area contributed by atoms with Gasteiger partial charge in [-0.25, -0.2) is 0 Å². The Morgan fingerprint density at radius 2 is 2.37 bits per heavy atom. The number of likely N-dealkylation sites (tertiary alicyclic amines) is 1. The Bertz CT molecular complexity index is 474. The van der Waals surface area contributed by atoms with Crippen molar-refractivity contribution < 1.29 is 9.21 Å². The highest BCUT2D eigenvalue weighted by molar-refractivity contribution is 5.90. The summed E-state index contributed by atoms with van der Waals surface area (Å²) in [5.41, 5.74) is 0. The molecule has 1 aromatic heterocycles. The molecule has 1 aromatic rings. The number of carbonyl (C=O) groups is 1. The zero-order valence-corrected chi connectivity index (χ0v) is 11.2. The molecule has 2 saturated heterocycles. The molecule has 3 atom stereocenters. The lowest BCUT2D eigenvalue weighted by Crippen LogP contribution is -2.38. The molecule has 2 N–H and O–H groups in total. The van der Waals surface area contributed by atoms with E-state index in [1.165, 1.54) is 0 Å². The second kappa shape index (κ2) is 4.90. The molecule has 0 radical (unpaired) electrons. The van der Waals surface area contributed by atoms with Gasteiger partial charge in [-0.1, -0.05) is 5.10 Å². The standard InChI is InChI=1S/C12H19N5O2/c1-7-10-4-13-3-9(10)5-17(7)6-11(18)14-12-16-15-8(2)19-12/h7,9-10,13H,3-6H2,1-2H3,(H,14,16,18). The number of hydrogen-bond acceptors (Lipinski definition) is 6. The molecule has 19 heavy (non-hydrogen) atoms. The van der Waals surface area contributed by atoms with Crippen LogP contribution in [0.4, 0.5) is 6.01 Å². The first-order valence-electron chi connectivity index (χ1n) is 6.68. The summed E-state index contributed by atoms with van der Waals surface area (Å²) in [4.78, 5) is 14.2. The summed E-state index contributed by atoms with van der Waals surface area (Å²) in [6.45, 7) is 7.38. The second-order valence-electron chi connectivity index (χ2n) is 5.43. The van der Waals surface area contributed by atoms with Crippen LogP contribution in [0.15, 0.2) is 4.42 Å². The van der Waals surface area contributed by atoms with E-state index < -0.39 is 0 Å². The quantitative estimate of drug-likeness (QED) is 0.791. The first-order chi connectivity index (χ1) is 9.13. The number of carbonyl (C=O) groups excluding carboxylic acids is 1. The van der Waals surface area contributed by atoms with Crippen LogP contribution in [0.5, 0.6) is 0 Å². The maximum absolute atomic E-state index is 11.9. The van der Waals surface area contributed by atoms with Crippen molar-refractivity contribution >= 4 is 11.9 Å². The number of nitrogens with one attached hydrogen (secondary N) is 2. The number of rotatable bonds is 3. The topological polar surface area (TPSA) is 83.3 Å². The Labute approximate surface area is 111 Å². The zero-order chi connectivity index (χ0) is 13.4. The molecule has 0 aromatic carbocycles. The molecule has 2 fully saturated rings. The van der Waals surface area contributed by atoms with Gasteiger partial charge >= 0.3 is 6.01 Å². The molecule has 7 nitrogen and oxygen atoms in total. The minimum Gasteiger partial charge on any atom is -0.408 e. The number of nitrogens with zero attached hydrogens (tertiary/aromatic N) is 3. The van der Waals surface area contributed by atoms with E-state index in [0.29, 0.717) is 30.3 Å². The summed E-state index contributed by atoms with van der Waals surface area (Å²) >= 11 is 0. The van der Waals surface area contributed by atoms with E-state index >= 15 is 0 Å². The van der Waals surface area contributed by atoms with Crippen molar-refractivity contribution in [3.05, 3.63) is 5.89 Å². The van der Waals surface area contributed by atoms with Crippen molar-refractivity contribution in [2.45, 2.75) is 19.9 Å². The van der Waals surface area contributed by atoms with Crippen molar-refractivity contribution in [1.82, 2.24) is 20.4 Å². The first-order valence-corrected chi connectivity index (χ1v) is 6.68. The molecule has 104 valence electrons. The Balaban J connectivity index is 1.55. The van der Waals surface area contributed by atoms with Gasteiger partial charge in [-0.15, -0.1) is 5.10 Å². The maximum atomic E-state index is 11.9. The van der Waals surface area contributed by atoms with E-state index in [-0.39, 0.29) is 11.9 Å². The summed E-state index contributed by atoms with van der Waals surface area (Å²) in [6.07, 6.45) is 0. The van der Waals surface area contributed by atoms with Gasteiger partial charge in [0.2, 0.25) is 11.8 Å². The zero-order valence-electron chi connectivity index (χ0n) is 11.2. The molecule has 0 spiro atoms. The molecule has 2 aliphatic heterocycles. The monoisotopic (exact) mass is 265 g/mol. The first kappa shape index (κ1) is 12.6. The van der Waals surface area contributed by atoms with Crippen LogP contribution < -0.4 is 10.6 Å². The summed E-state index contributed by atoms with van der Waals surface area (Å²) in [6, 6.07) is 0.617. The van der Waals surface area contributed by atoms with Gasteiger partial charge in [-0.2, -0.15) is 0 Å². The van der Waals surface area contributed by atoms with Crippen molar-refractivity contribution in [3.63, 3.8) is 0 Å². The van der Waals surface area contributed by atoms with Crippen molar-refractivity contribution in [2.24, 2.45) is 11.8 Å². The van der Waals surface area contributed by atoms with Gasteiger partial charge in [-0.3, -0.25) is 15.0 Å². The van der Waals surface area contributed by atoms with Crippen molar-refractivity contribution in [2.75, 3.05) is 31.5 Å². The lowest BCUT2D eigenvalue weighted by Gasteiger charge is -2.23. The molecule has 0 saturated carbocycles. The predicted molar refractivity (Wildman–Crippen MR) is 68.5 cm³/mol. The summed E-state index contributed by atoms with van der Waals surface area (Å²) in [7, 11) is 0. The van der Waals surface area contributed by atoms with Gasteiger partial charge in [0.25, 0.3) is 0 Å². The summed E-state index contributed by atoms with van der Waals surface area (Å²) in [5, 5.41) is 13.5. The van der Waals surface area contributed by atoms with Gasteiger partial charge in [-0.05, 0) is 31.8 Å². The minimum absolute atomic E-state index is 0.0940. The summed E-state index contributed by atoms with van der Waals surface area (Å²) < 4.78 is 5.14. The molecule has 3 unspecified atom stereocenters. The molecule has 7 heteroatoms. The van der Waals surface area contributed by atoms with Gasteiger partial charge in [0.1, 0.15) is 0 Å². The third-order valence-corrected chi connectivity index (χ3v) is 4.18. The van der Waals surface area contributed by atoms with E-state index in [1.807, 2.05) is 0 Å². The molecular formula is C12H19N5O2. The third kappa shape index (κ3) is 2.48. The molecule has 2 aliphatic rings.